The van der Waals surface area contributed by atoms with Gasteiger partial charge in [0.05, 0.1) is 7.11 Å². The molecule has 0 aliphatic heterocycles. The number of aryl methyl sites for hydroxylation is 2. The van der Waals surface area contributed by atoms with E-state index in [0.717, 1.165) is 35.1 Å². The van der Waals surface area contributed by atoms with E-state index < -0.39 is 0 Å². The highest BCUT2D eigenvalue weighted by molar-refractivity contribution is 5.57. The van der Waals surface area contributed by atoms with E-state index in [2.05, 4.69) is 36.1 Å². The molecule has 112 valence electrons. The Morgan fingerprint density at radius 3 is 2.14 bits per heavy atom. The molecular weight excluding hydrogens is 262 g/mol. The summed E-state index contributed by atoms with van der Waals surface area (Å²) < 4.78 is 5.18. The second kappa shape index (κ2) is 6.68. The average Bonchev–Trinajstić information content (AvgIpc) is 2.47. The summed E-state index contributed by atoms with van der Waals surface area (Å²) in [5, 5.41) is 3.21. The molecule has 1 unspecified atom stereocenters. The standard InChI is InChI=1S/C17H23N3O/c1-11(10-18-4)16-12(2)19-17(20-13(16)3)14-6-8-15(21-5)9-7-14/h6-9,11,18H,10H2,1-5H3. The van der Waals surface area contributed by atoms with Crippen molar-refractivity contribution >= 4 is 0 Å². The number of hydrogen-bond acceptors (Lipinski definition) is 4. The zero-order chi connectivity index (χ0) is 15.4. The van der Waals surface area contributed by atoms with E-state index in [1.54, 1.807) is 7.11 Å². The maximum Gasteiger partial charge on any atom is 0.159 e. The molecule has 1 heterocycles. The van der Waals surface area contributed by atoms with E-state index in [0.29, 0.717) is 5.92 Å². The molecule has 2 aromatic rings. The first-order valence-corrected chi connectivity index (χ1v) is 7.21. The van der Waals surface area contributed by atoms with Crippen LogP contribution in [0.4, 0.5) is 0 Å². The van der Waals surface area contributed by atoms with Gasteiger partial charge in [-0.2, -0.15) is 0 Å². The lowest BCUT2D eigenvalue weighted by Gasteiger charge is -2.17. The van der Waals surface area contributed by atoms with Crippen molar-refractivity contribution in [1.29, 1.82) is 0 Å². The van der Waals surface area contributed by atoms with Crippen molar-refractivity contribution < 1.29 is 4.74 Å². The number of ether oxygens (including phenoxy) is 1. The summed E-state index contributed by atoms with van der Waals surface area (Å²) in [4.78, 5) is 9.37. The van der Waals surface area contributed by atoms with Crippen molar-refractivity contribution in [3.8, 4) is 17.1 Å². The molecule has 4 nitrogen and oxygen atoms in total. The largest absolute Gasteiger partial charge is 0.497 e. The topological polar surface area (TPSA) is 47.0 Å². The molecule has 0 aliphatic carbocycles. The zero-order valence-corrected chi connectivity index (χ0v) is 13.4. The predicted octanol–water partition coefficient (Wildman–Crippen LogP) is 3.09. The normalized spacial score (nSPS) is 12.2. The zero-order valence-electron chi connectivity index (χ0n) is 13.4. The first-order chi connectivity index (χ1) is 10.1. The average molecular weight is 285 g/mol. The van der Waals surface area contributed by atoms with Crippen molar-refractivity contribution in [1.82, 2.24) is 15.3 Å². The minimum Gasteiger partial charge on any atom is -0.497 e. The smallest absolute Gasteiger partial charge is 0.159 e. The van der Waals surface area contributed by atoms with Crippen molar-refractivity contribution in [3.05, 3.63) is 41.2 Å². The number of benzene rings is 1. The van der Waals surface area contributed by atoms with Gasteiger partial charge in [-0.15, -0.1) is 0 Å². The molecule has 0 bridgehead atoms. The molecule has 0 amide bonds. The first-order valence-electron chi connectivity index (χ1n) is 7.21. The third-order valence-corrected chi connectivity index (χ3v) is 3.68. The lowest BCUT2D eigenvalue weighted by atomic mass is 9.98. The number of rotatable bonds is 5. The van der Waals surface area contributed by atoms with Crippen molar-refractivity contribution in [2.75, 3.05) is 20.7 Å². The summed E-state index contributed by atoms with van der Waals surface area (Å²) in [5.41, 5.74) is 4.35. The number of nitrogens with zero attached hydrogens (tertiary/aromatic N) is 2. The highest BCUT2D eigenvalue weighted by atomic mass is 16.5. The Morgan fingerprint density at radius 2 is 1.67 bits per heavy atom. The minimum absolute atomic E-state index is 0.403. The van der Waals surface area contributed by atoms with E-state index in [4.69, 9.17) is 4.74 Å². The molecule has 21 heavy (non-hydrogen) atoms. The van der Waals surface area contributed by atoms with Gasteiger partial charge in [0.25, 0.3) is 0 Å². The number of aromatic nitrogens is 2. The van der Waals surface area contributed by atoms with Gasteiger partial charge < -0.3 is 10.1 Å². The van der Waals surface area contributed by atoms with Gasteiger partial charge in [0.1, 0.15) is 5.75 Å². The van der Waals surface area contributed by atoms with Crippen LogP contribution in [0.25, 0.3) is 11.4 Å². The van der Waals surface area contributed by atoms with Crippen LogP contribution in [0.5, 0.6) is 5.75 Å². The summed E-state index contributed by atoms with van der Waals surface area (Å²) in [6, 6.07) is 7.84. The van der Waals surface area contributed by atoms with Crippen LogP contribution in [-0.2, 0) is 0 Å². The van der Waals surface area contributed by atoms with Gasteiger partial charge in [0, 0.05) is 23.5 Å². The van der Waals surface area contributed by atoms with Gasteiger partial charge in [-0.3, -0.25) is 0 Å². The quantitative estimate of drug-likeness (QED) is 0.917. The van der Waals surface area contributed by atoms with E-state index >= 15 is 0 Å². The second-order valence-corrected chi connectivity index (χ2v) is 5.32. The Kier molecular flexibility index (Phi) is 4.91. The highest BCUT2D eigenvalue weighted by Gasteiger charge is 2.15. The summed E-state index contributed by atoms with van der Waals surface area (Å²) in [6.45, 7) is 7.24. The number of nitrogens with one attached hydrogen (secondary N) is 1. The van der Waals surface area contributed by atoms with Gasteiger partial charge in [-0.05, 0) is 56.6 Å². The number of hydrogen-bond donors (Lipinski definition) is 1. The van der Waals surface area contributed by atoms with Gasteiger partial charge >= 0.3 is 0 Å². The predicted molar refractivity (Wildman–Crippen MR) is 85.8 cm³/mol. The minimum atomic E-state index is 0.403. The first kappa shape index (κ1) is 15.4. The molecule has 1 N–H and O–H groups in total. The second-order valence-electron chi connectivity index (χ2n) is 5.32. The van der Waals surface area contributed by atoms with Gasteiger partial charge in [-0.1, -0.05) is 6.92 Å². The van der Waals surface area contributed by atoms with Gasteiger partial charge in [0.2, 0.25) is 0 Å². The number of likely N-dealkylation sites (N-methyl/N-ethyl adjacent to an activating group) is 1. The fraction of sp³-hybridized carbons (Fsp3) is 0.412. The molecule has 1 aromatic heterocycles. The third-order valence-electron chi connectivity index (χ3n) is 3.68. The molecule has 0 fully saturated rings. The molecule has 1 aromatic carbocycles. The summed E-state index contributed by atoms with van der Waals surface area (Å²) in [6.07, 6.45) is 0. The maximum atomic E-state index is 5.18. The van der Waals surface area contributed by atoms with Crippen LogP contribution in [0.15, 0.2) is 24.3 Å². The molecule has 0 spiro atoms. The molecule has 0 saturated carbocycles. The van der Waals surface area contributed by atoms with Crippen LogP contribution in [0.3, 0.4) is 0 Å². The van der Waals surface area contributed by atoms with E-state index in [1.807, 2.05) is 31.3 Å². The Hall–Kier alpha value is -1.94. The van der Waals surface area contributed by atoms with Crippen LogP contribution < -0.4 is 10.1 Å². The lowest BCUT2D eigenvalue weighted by molar-refractivity contribution is 0.415. The molecular formula is C17H23N3O. The Balaban J connectivity index is 2.38. The van der Waals surface area contributed by atoms with Crippen LogP contribution in [-0.4, -0.2) is 30.7 Å². The van der Waals surface area contributed by atoms with E-state index in [-0.39, 0.29) is 0 Å². The summed E-state index contributed by atoms with van der Waals surface area (Å²) in [7, 11) is 3.63. The molecule has 4 heteroatoms. The van der Waals surface area contributed by atoms with Crippen molar-refractivity contribution in [3.63, 3.8) is 0 Å². The SMILES string of the molecule is CNCC(C)c1c(C)nc(-c2ccc(OC)cc2)nc1C. The van der Waals surface area contributed by atoms with E-state index in [9.17, 15) is 0 Å². The van der Waals surface area contributed by atoms with Crippen LogP contribution in [0.2, 0.25) is 0 Å². The van der Waals surface area contributed by atoms with Gasteiger partial charge in [0.15, 0.2) is 5.82 Å². The Labute approximate surface area is 126 Å². The number of methoxy groups -OCH3 is 1. The lowest BCUT2D eigenvalue weighted by Crippen LogP contribution is -2.17. The monoisotopic (exact) mass is 285 g/mol. The molecule has 2 rings (SSSR count). The summed E-state index contributed by atoms with van der Waals surface area (Å²) in [5.74, 6) is 2.01. The van der Waals surface area contributed by atoms with Crippen molar-refractivity contribution in [2.45, 2.75) is 26.7 Å². The van der Waals surface area contributed by atoms with Crippen LogP contribution in [0.1, 0.15) is 29.8 Å². The molecule has 0 radical (unpaired) electrons. The molecule has 0 saturated heterocycles. The van der Waals surface area contributed by atoms with Crippen molar-refractivity contribution in [2.24, 2.45) is 0 Å². The molecule has 0 aliphatic rings. The summed E-state index contributed by atoms with van der Waals surface area (Å²) >= 11 is 0. The van der Waals surface area contributed by atoms with Crippen LogP contribution in [0, 0.1) is 13.8 Å². The molecule has 1 atom stereocenters. The maximum absolute atomic E-state index is 5.18. The third kappa shape index (κ3) is 3.39. The van der Waals surface area contributed by atoms with Gasteiger partial charge in [-0.25, -0.2) is 9.97 Å². The Bertz CT molecular complexity index is 585. The Morgan fingerprint density at radius 1 is 1.10 bits per heavy atom. The fourth-order valence-electron chi connectivity index (χ4n) is 2.72. The van der Waals surface area contributed by atoms with E-state index in [1.165, 1.54) is 5.56 Å². The fourth-order valence-corrected chi connectivity index (χ4v) is 2.72. The van der Waals surface area contributed by atoms with Crippen LogP contribution >= 0.6 is 0 Å². The highest BCUT2D eigenvalue weighted by Crippen LogP contribution is 2.25.